The first-order chi connectivity index (χ1) is 8.76. The lowest BCUT2D eigenvalue weighted by Gasteiger charge is -2.27. The maximum Gasteiger partial charge on any atom is 0.408 e. The highest BCUT2D eigenvalue weighted by atomic mass is 16.7. The van der Waals surface area contributed by atoms with E-state index in [4.69, 9.17) is 9.57 Å². The van der Waals surface area contributed by atoms with Crippen molar-refractivity contribution in [3.05, 3.63) is 12.2 Å². The van der Waals surface area contributed by atoms with Gasteiger partial charge in [0.05, 0.1) is 6.04 Å². The molecule has 1 saturated heterocycles. The van der Waals surface area contributed by atoms with E-state index < -0.39 is 17.7 Å². The number of fused-ring (bicyclic) bond motifs is 2. The molecule has 1 aliphatic carbocycles. The van der Waals surface area contributed by atoms with Gasteiger partial charge in [-0.2, -0.15) is 0 Å². The summed E-state index contributed by atoms with van der Waals surface area (Å²) < 4.78 is 5.11. The molecule has 6 nitrogen and oxygen atoms in total. The smallest absolute Gasteiger partial charge is 0.408 e. The molecular formula is C13H20N2O4. The van der Waals surface area contributed by atoms with Gasteiger partial charge in [-0.3, -0.25) is 9.63 Å². The molecule has 2 rings (SSSR count). The zero-order chi connectivity index (χ0) is 14.2. The standard InChI is InChI=1S/C13H20N2O4/c1-8(14-12(17)18-13(2,3)4)11(16)15-9-5-6-10(7-9)19-15/h5-6,8-10H,7H2,1-4H3,(H,14,17)/t8-,9?,10?/m1/s1. The first kappa shape index (κ1) is 13.9. The SMILES string of the molecule is C[C@@H](NC(=O)OC(C)(C)C)C(=O)N1OC2C=CC1C2. The van der Waals surface area contributed by atoms with Crippen LogP contribution < -0.4 is 5.32 Å². The monoisotopic (exact) mass is 268 g/mol. The number of carbonyl (C=O) groups excluding carboxylic acids is 2. The Morgan fingerprint density at radius 1 is 1.42 bits per heavy atom. The number of hydrogen-bond donors (Lipinski definition) is 1. The predicted octanol–water partition coefficient (Wildman–Crippen LogP) is 1.37. The molecule has 1 fully saturated rings. The third-order valence-electron chi connectivity index (χ3n) is 2.89. The summed E-state index contributed by atoms with van der Waals surface area (Å²) in [6.45, 7) is 6.93. The molecule has 1 aliphatic heterocycles. The van der Waals surface area contributed by atoms with Gasteiger partial charge < -0.3 is 10.1 Å². The van der Waals surface area contributed by atoms with Crippen LogP contribution in [0.2, 0.25) is 0 Å². The van der Waals surface area contributed by atoms with Gasteiger partial charge in [-0.15, -0.1) is 0 Å². The lowest BCUT2D eigenvalue weighted by Crippen LogP contribution is -2.49. The van der Waals surface area contributed by atoms with Crippen LogP contribution in [0.4, 0.5) is 4.79 Å². The number of hydrogen-bond acceptors (Lipinski definition) is 4. The van der Waals surface area contributed by atoms with Crippen LogP contribution in [0.3, 0.4) is 0 Å². The number of amides is 2. The summed E-state index contributed by atoms with van der Waals surface area (Å²) in [5.74, 6) is -0.261. The van der Waals surface area contributed by atoms with E-state index in [-0.39, 0.29) is 18.1 Å². The Balaban J connectivity index is 1.86. The largest absolute Gasteiger partial charge is 0.444 e. The molecule has 0 aromatic rings. The van der Waals surface area contributed by atoms with E-state index in [1.165, 1.54) is 5.06 Å². The third-order valence-corrected chi connectivity index (χ3v) is 2.89. The quantitative estimate of drug-likeness (QED) is 0.768. The first-order valence-electron chi connectivity index (χ1n) is 6.44. The molecule has 0 spiro atoms. The van der Waals surface area contributed by atoms with Crippen LogP contribution in [0, 0.1) is 0 Å². The van der Waals surface area contributed by atoms with E-state index >= 15 is 0 Å². The van der Waals surface area contributed by atoms with E-state index in [0.29, 0.717) is 0 Å². The fourth-order valence-corrected chi connectivity index (χ4v) is 2.08. The van der Waals surface area contributed by atoms with Crippen molar-refractivity contribution in [1.29, 1.82) is 0 Å². The Morgan fingerprint density at radius 2 is 2.11 bits per heavy atom. The molecule has 106 valence electrons. The first-order valence-corrected chi connectivity index (χ1v) is 6.44. The van der Waals surface area contributed by atoms with Gasteiger partial charge in [-0.25, -0.2) is 9.86 Å². The molecule has 2 amide bonds. The molecule has 1 heterocycles. The molecule has 1 N–H and O–H groups in total. The van der Waals surface area contributed by atoms with Crippen molar-refractivity contribution in [3.8, 4) is 0 Å². The van der Waals surface area contributed by atoms with Crippen LogP contribution in [0.25, 0.3) is 0 Å². The van der Waals surface area contributed by atoms with E-state index in [0.717, 1.165) is 6.42 Å². The number of nitrogens with one attached hydrogen (secondary N) is 1. The highest BCUT2D eigenvalue weighted by Gasteiger charge is 2.40. The van der Waals surface area contributed by atoms with Crippen molar-refractivity contribution in [2.24, 2.45) is 0 Å². The molecule has 2 bridgehead atoms. The topological polar surface area (TPSA) is 67.9 Å². The maximum absolute atomic E-state index is 12.1. The Hall–Kier alpha value is -1.56. The van der Waals surface area contributed by atoms with Gasteiger partial charge in [-0.05, 0) is 27.7 Å². The third kappa shape index (κ3) is 3.26. The molecule has 3 atom stereocenters. The van der Waals surface area contributed by atoms with Gasteiger partial charge in [0, 0.05) is 6.42 Å². The molecule has 0 aromatic heterocycles. The van der Waals surface area contributed by atoms with Crippen molar-refractivity contribution in [3.63, 3.8) is 0 Å². The van der Waals surface area contributed by atoms with Gasteiger partial charge in [0.15, 0.2) is 0 Å². The molecular weight excluding hydrogens is 248 g/mol. The molecule has 0 radical (unpaired) electrons. The summed E-state index contributed by atoms with van der Waals surface area (Å²) in [6, 6.07) is -0.692. The Labute approximate surface area is 112 Å². The fourth-order valence-electron chi connectivity index (χ4n) is 2.08. The molecule has 2 unspecified atom stereocenters. The summed E-state index contributed by atoms with van der Waals surface area (Å²) in [4.78, 5) is 29.2. The van der Waals surface area contributed by atoms with Crippen LogP contribution in [-0.4, -0.2) is 40.9 Å². The van der Waals surface area contributed by atoms with Crippen LogP contribution in [0.5, 0.6) is 0 Å². The second-order valence-corrected chi connectivity index (χ2v) is 5.86. The Morgan fingerprint density at radius 3 is 2.58 bits per heavy atom. The zero-order valence-electron chi connectivity index (χ0n) is 11.7. The summed E-state index contributed by atoms with van der Waals surface area (Å²) >= 11 is 0. The van der Waals surface area contributed by atoms with E-state index in [1.54, 1.807) is 27.7 Å². The lowest BCUT2D eigenvalue weighted by atomic mass is 10.2. The Bertz CT molecular complexity index is 413. The minimum Gasteiger partial charge on any atom is -0.444 e. The predicted molar refractivity (Wildman–Crippen MR) is 68.1 cm³/mol. The molecule has 2 aliphatic rings. The second kappa shape index (κ2) is 4.85. The van der Waals surface area contributed by atoms with E-state index in [9.17, 15) is 9.59 Å². The highest BCUT2D eigenvalue weighted by Crippen LogP contribution is 2.29. The summed E-state index contributed by atoms with van der Waals surface area (Å²) in [5.41, 5.74) is -0.585. The Kier molecular flexibility index (Phi) is 3.54. The molecule has 0 saturated carbocycles. The van der Waals surface area contributed by atoms with Gasteiger partial charge >= 0.3 is 6.09 Å². The van der Waals surface area contributed by atoms with Crippen molar-refractivity contribution < 1.29 is 19.2 Å². The number of nitrogens with zero attached hydrogens (tertiary/aromatic N) is 1. The number of alkyl carbamates (subject to hydrolysis) is 1. The number of carbonyl (C=O) groups is 2. The van der Waals surface area contributed by atoms with Crippen LogP contribution >= 0.6 is 0 Å². The average molecular weight is 268 g/mol. The molecule has 0 aromatic carbocycles. The van der Waals surface area contributed by atoms with Crippen molar-refractivity contribution >= 4 is 12.0 Å². The van der Waals surface area contributed by atoms with Crippen molar-refractivity contribution in [2.45, 2.75) is 57.9 Å². The van der Waals surface area contributed by atoms with Crippen LogP contribution in [0.15, 0.2) is 12.2 Å². The average Bonchev–Trinajstić information content (AvgIpc) is 2.86. The van der Waals surface area contributed by atoms with Crippen molar-refractivity contribution in [2.75, 3.05) is 0 Å². The van der Waals surface area contributed by atoms with Crippen LogP contribution in [0.1, 0.15) is 34.1 Å². The molecule has 19 heavy (non-hydrogen) atoms. The summed E-state index contributed by atoms with van der Waals surface area (Å²) in [5, 5.41) is 3.86. The minimum absolute atomic E-state index is 0.0114. The zero-order valence-corrected chi connectivity index (χ0v) is 11.7. The van der Waals surface area contributed by atoms with Crippen molar-refractivity contribution in [1.82, 2.24) is 10.4 Å². The highest BCUT2D eigenvalue weighted by molar-refractivity contribution is 5.85. The minimum atomic E-state index is -0.678. The van der Waals surface area contributed by atoms with E-state index in [2.05, 4.69) is 5.32 Å². The molecule has 6 heteroatoms. The van der Waals surface area contributed by atoms with Gasteiger partial charge in [0.1, 0.15) is 17.7 Å². The maximum atomic E-state index is 12.1. The van der Waals surface area contributed by atoms with Crippen LogP contribution in [-0.2, 0) is 14.4 Å². The summed E-state index contributed by atoms with van der Waals surface area (Å²) in [6.07, 6.45) is 4.08. The summed E-state index contributed by atoms with van der Waals surface area (Å²) in [7, 11) is 0. The van der Waals surface area contributed by atoms with E-state index in [1.807, 2.05) is 12.2 Å². The fraction of sp³-hybridized carbons (Fsp3) is 0.692. The number of rotatable bonds is 2. The van der Waals surface area contributed by atoms with Gasteiger partial charge in [0.2, 0.25) is 0 Å². The second-order valence-electron chi connectivity index (χ2n) is 5.86. The number of hydroxylamine groups is 2. The normalized spacial score (nSPS) is 26.4. The lowest BCUT2D eigenvalue weighted by molar-refractivity contribution is -0.184. The number of ether oxygens (including phenoxy) is 1. The van der Waals surface area contributed by atoms with Gasteiger partial charge in [0.25, 0.3) is 5.91 Å². The van der Waals surface area contributed by atoms with Gasteiger partial charge in [-0.1, -0.05) is 12.2 Å².